The van der Waals surface area contributed by atoms with Crippen molar-refractivity contribution in [1.29, 1.82) is 0 Å². The highest BCUT2D eigenvalue weighted by atomic mass is 32.1. The van der Waals surface area contributed by atoms with Crippen molar-refractivity contribution in [3.8, 4) is 22.6 Å². The fraction of sp³-hybridized carbons (Fsp3) is 0.0952. The van der Waals surface area contributed by atoms with E-state index in [1.807, 2.05) is 54.6 Å². The Kier molecular flexibility index (Phi) is 4.01. The predicted molar refractivity (Wildman–Crippen MR) is 106 cm³/mol. The summed E-state index contributed by atoms with van der Waals surface area (Å²) in [5.74, 6) is 1.03. The molecule has 0 aliphatic heterocycles. The van der Waals surface area contributed by atoms with Crippen molar-refractivity contribution in [3.63, 3.8) is 0 Å². The smallest absolute Gasteiger partial charge is 0.250 e. The van der Waals surface area contributed by atoms with Gasteiger partial charge in [-0.05, 0) is 35.4 Å². The number of methoxy groups -OCH3 is 2. The van der Waals surface area contributed by atoms with Gasteiger partial charge in [0.2, 0.25) is 5.91 Å². The minimum Gasteiger partial charge on any atom is -0.497 e. The van der Waals surface area contributed by atoms with E-state index in [1.165, 1.54) is 0 Å². The molecule has 4 aromatic rings. The third-order valence-corrected chi connectivity index (χ3v) is 5.67. The van der Waals surface area contributed by atoms with Gasteiger partial charge >= 0.3 is 0 Å². The van der Waals surface area contributed by atoms with Gasteiger partial charge in [-0.25, -0.2) is 0 Å². The fourth-order valence-corrected chi connectivity index (χ4v) is 4.48. The second kappa shape index (κ2) is 6.35. The second-order valence-electron chi connectivity index (χ2n) is 5.90. The van der Waals surface area contributed by atoms with Crippen LogP contribution < -0.4 is 15.2 Å². The van der Waals surface area contributed by atoms with E-state index in [1.54, 1.807) is 25.6 Å². The van der Waals surface area contributed by atoms with Gasteiger partial charge < -0.3 is 15.2 Å². The van der Waals surface area contributed by atoms with Gasteiger partial charge in [-0.2, -0.15) is 0 Å². The number of primary amides is 1. The lowest BCUT2D eigenvalue weighted by Crippen LogP contribution is -2.13. The number of amides is 1. The largest absolute Gasteiger partial charge is 0.497 e. The summed E-state index contributed by atoms with van der Waals surface area (Å²) < 4.78 is 12.9. The van der Waals surface area contributed by atoms with Crippen molar-refractivity contribution in [3.05, 3.63) is 60.2 Å². The molecule has 0 unspecified atom stereocenters. The van der Waals surface area contributed by atoms with Gasteiger partial charge in [-0.1, -0.05) is 30.3 Å². The molecule has 0 saturated heterocycles. The molecule has 0 aliphatic carbocycles. The van der Waals surface area contributed by atoms with E-state index >= 15 is 0 Å². The Hall–Kier alpha value is -3.05. The van der Waals surface area contributed by atoms with Crippen LogP contribution >= 0.6 is 11.3 Å². The number of rotatable bonds is 4. The summed E-state index contributed by atoms with van der Waals surface area (Å²) in [6.45, 7) is 0. The van der Waals surface area contributed by atoms with Gasteiger partial charge in [0, 0.05) is 15.5 Å². The van der Waals surface area contributed by atoms with Crippen molar-refractivity contribution < 1.29 is 14.3 Å². The zero-order valence-corrected chi connectivity index (χ0v) is 15.2. The molecule has 0 spiro atoms. The first-order valence-corrected chi connectivity index (χ1v) is 8.92. The van der Waals surface area contributed by atoms with Crippen LogP contribution in [0.25, 0.3) is 31.3 Å². The third-order valence-electron chi connectivity index (χ3n) is 4.48. The molecule has 1 aromatic heterocycles. The minimum atomic E-state index is -0.452. The molecule has 2 N–H and O–H groups in total. The summed E-state index contributed by atoms with van der Waals surface area (Å²) in [4.78, 5) is 12.4. The molecule has 3 aromatic carbocycles. The van der Waals surface area contributed by atoms with Crippen molar-refractivity contribution in [2.45, 2.75) is 0 Å². The molecule has 4 rings (SSSR count). The maximum absolute atomic E-state index is 12.4. The SMILES string of the molecule is COc1ccc(-c2cc(OC)c3sc4ccccc4c3c2C(N)=O)cc1. The Balaban J connectivity index is 2.13. The van der Waals surface area contributed by atoms with E-state index in [2.05, 4.69) is 0 Å². The van der Waals surface area contributed by atoms with E-state index in [9.17, 15) is 4.79 Å². The normalized spacial score (nSPS) is 11.0. The topological polar surface area (TPSA) is 61.6 Å². The molecule has 4 nitrogen and oxygen atoms in total. The molecule has 0 saturated carbocycles. The molecule has 0 bridgehead atoms. The monoisotopic (exact) mass is 363 g/mol. The lowest BCUT2D eigenvalue weighted by atomic mass is 9.94. The van der Waals surface area contributed by atoms with Crippen molar-refractivity contribution in [2.75, 3.05) is 14.2 Å². The number of benzene rings is 3. The van der Waals surface area contributed by atoms with Gasteiger partial charge in [-0.15, -0.1) is 11.3 Å². The molecule has 0 aliphatic rings. The third kappa shape index (κ3) is 2.48. The van der Waals surface area contributed by atoms with Crippen molar-refractivity contribution >= 4 is 37.4 Å². The maximum atomic E-state index is 12.4. The van der Waals surface area contributed by atoms with E-state index in [0.29, 0.717) is 5.56 Å². The van der Waals surface area contributed by atoms with E-state index in [0.717, 1.165) is 42.8 Å². The molecule has 0 fully saturated rings. The average Bonchev–Trinajstić information content (AvgIpc) is 3.06. The maximum Gasteiger partial charge on any atom is 0.250 e. The molecule has 0 atom stereocenters. The van der Waals surface area contributed by atoms with Crippen LogP contribution in [0.1, 0.15) is 10.4 Å². The molecule has 1 heterocycles. The number of fused-ring (bicyclic) bond motifs is 3. The van der Waals surface area contributed by atoms with Gasteiger partial charge in [-0.3, -0.25) is 4.79 Å². The summed E-state index contributed by atoms with van der Waals surface area (Å²) in [6, 6.07) is 17.4. The lowest BCUT2D eigenvalue weighted by Gasteiger charge is -2.13. The van der Waals surface area contributed by atoms with Crippen LogP contribution in [0.4, 0.5) is 0 Å². The van der Waals surface area contributed by atoms with Gasteiger partial charge in [0.15, 0.2) is 0 Å². The number of nitrogens with two attached hydrogens (primary N) is 1. The summed E-state index contributed by atoms with van der Waals surface area (Å²) in [5.41, 5.74) is 7.97. The zero-order valence-electron chi connectivity index (χ0n) is 14.4. The summed E-state index contributed by atoms with van der Waals surface area (Å²) in [7, 11) is 3.26. The van der Waals surface area contributed by atoms with Crippen LogP contribution in [-0.2, 0) is 0 Å². The minimum absolute atomic E-state index is 0.452. The predicted octanol–water partition coefficient (Wildman–Crippen LogP) is 4.84. The van der Waals surface area contributed by atoms with Crippen LogP contribution in [0.15, 0.2) is 54.6 Å². The van der Waals surface area contributed by atoms with Gasteiger partial charge in [0.05, 0.1) is 24.5 Å². The molecular formula is C21H17NO3S. The number of hydrogen-bond acceptors (Lipinski definition) is 4. The molecule has 0 radical (unpaired) electrons. The van der Waals surface area contributed by atoms with Gasteiger partial charge in [0.25, 0.3) is 0 Å². The quantitative estimate of drug-likeness (QED) is 0.564. The Labute approximate surface area is 154 Å². The number of hydrogen-bond donors (Lipinski definition) is 1. The number of thiophene rings is 1. The van der Waals surface area contributed by atoms with E-state index in [4.69, 9.17) is 15.2 Å². The first-order chi connectivity index (χ1) is 12.6. The summed E-state index contributed by atoms with van der Waals surface area (Å²) >= 11 is 1.60. The Morgan fingerprint density at radius 3 is 2.38 bits per heavy atom. The van der Waals surface area contributed by atoms with E-state index < -0.39 is 5.91 Å². The zero-order chi connectivity index (χ0) is 18.3. The lowest BCUT2D eigenvalue weighted by molar-refractivity contribution is 0.100. The molecule has 26 heavy (non-hydrogen) atoms. The first-order valence-electron chi connectivity index (χ1n) is 8.10. The van der Waals surface area contributed by atoms with Gasteiger partial charge in [0.1, 0.15) is 11.5 Å². The Morgan fingerprint density at radius 2 is 1.73 bits per heavy atom. The van der Waals surface area contributed by atoms with Crippen LogP contribution in [0.5, 0.6) is 11.5 Å². The van der Waals surface area contributed by atoms with Crippen LogP contribution in [0, 0.1) is 0 Å². The Morgan fingerprint density at radius 1 is 1.00 bits per heavy atom. The highest BCUT2D eigenvalue weighted by Gasteiger charge is 2.21. The van der Waals surface area contributed by atoms with E-state index in [-0.39, 0.29) is 0 Å². The molecular weight excluding hydrogens is 346 g/mol. The fourth-order valence-electron chi connectivity index (χ4n) is 3.28. The van der Waals surface area contributed by atoms with Crippen LogP contribution in [-0.4, -0.2) is 20.1 Å². The van der Waals surface area contributed by atoms with Crippen LogP contribution in [0.2, 0.25) is 0 Å². The first kappa shape index (κ1) is 16.4. The number of ether oxygens (including phenoxy) is 2. The van der Waals surface area contributed by atoms with Crippen LogP contribution in [0.3, 0.4) is 0 Å². The molecule has 130 valence electrons. The average molecular weight is 363 g/mol. The Bertz CT molecular complexity index is 1130. The van der Waals surface area contributed by atoms with Crippen molar-refractivity contribution in [2.24, 2.45) is 5.73 Å². The standard InChI is InChI=1S/C21H17NO3S/c1-24-13-9-7-12(8-10-13)15-11-16(25-2)20-18(19(15)21(22)23)14-5-3-4-6-17(14)26-20/h3-11H,1-2H3,(H2,22,23). The highest BCUT2D eigenvalue weighted by molar-refractivity contribution is 7.26. The summed E-state index contributed by atoms with van der Waals surface area (Å²) in [5, 5.41) is 1.86. The number of carbonyl (C=O) groups excluding carboxylic acids is 1. The molecule has 1 amide bonds. The highest BCUT2D eigenvalue weighted by Crippen LogP contribution is 2.45. The van der Waals surface area contributed by atoms with Crippen molar-refractivity contribution in [1.82, 2.24) is 0 Å². The molecule has 5 heteroatoms. The second-order valence-corrected chi connectivity index (χ2v) is 6.95. The summed E-state index contributed by atoms with van der Waals surface area (Å²) in [6.07, 6.45) is 0. The number of carbonyl (C=O) groups is 1.